The highest BCUT2D eigenvalue weighted by atomic mass is 15.2. The van der Waals surface area contributed by atoms with Gasteiger partial charge in [-0.1, -0.05) is 18.1 Å². The highest BCUT2D eigenvalue weighted by Crippen LogP contribution is 2.28. The van der Waals surface area contributed by atoms with Crippen LogP contribution in [-0.4, -0.2) is 9.55 Å². The Balaban J connectivity index is 3.28. The summed E-state index contributed by atoms with van der Waals surface area (Å²) in [5.74, 6) is 0.527. The standard InChI is InChI=1S/C8H8N4/c1-6(2)12-5-11-7(9-3)8(12)10-4/h5-6H,1-2H3. The summed E-state index contributed by atoms with van der Waals surface area (Å²) in [6.45, 7) is 17.5. The highest BCUT2D eigenvalue weighted by molar-refractivity contribution is 5.62. The Kier molecular flexibility index (Phi) is 2.11. The molecule has 4 heteroatoms. The van der Waals surface area contributed by atoms with Gasteiger partial charge in [0.25, 0.3) is 18.0 Å². The number of rotatable bonds is 1. The molecule has 4 nitrogen and oxygen atoms in total. The molecule has 0 N–H and O–H groups in total. The first-order chi connectivity index (χ1) is 5.70. The topological polar surface area (TPSA) is 26.5 Å². The van der Waals surface area contributed by atoms with Crippen LogP contribution in [0.1, 0.15) is 19.9 Å². The minimum atomic E-state index is 0.178. The summed E-state index contributed by atoms with van der Waals surface area (Å²) >= 11 is 0. The first-order valence-corrected chi connectivity index (χ1v) is 3.52. The minimum Gasteiger partial charge on any atom is -0.373 e. The van der Waals surface area contributed by atoms with E-state index in [9.17, 15) is 0 Å². The first kappa shape index (κ1) is 8.29. The maximum atomic E-state index is 6.86. The van der Waals surface area contributed by atoms with Gasteiger partial charge in [-0.05, 0) is 13.8 Å². The summed E-state index contributed by atoms with van der Waals surface area (Å²) in [7, 11) is 0. The molecule has 0 amide bonds. The van der Waals surface area contributed by atoms with Crippen LogP contribution < -0.4 is 0 Å². The van der Waals surface area contributed by atoms with E-state index in [4.69, 9.17) is 13.1 Å². The average Bonchev–Trinajstić information content (AvgIpc) is 2.46. The van der Waals surface area contributed by atoms with Gasteiger partial charge in [-0.2, -0.15) is 0 Å². The molecule has 0 aliphatic rings. The quantitative estimate of drug-likeness (QED) is 0.580. The number of nitrogens with zero attached hydrogens (tertiary/aromatic N) is 4. The molecular formula is C8H8N4. The van der Waals surface area contributed by atoms with Gasteiger partial charge in [0.1, 0.15) is 0 Å². The van der Waals surface area contributed by atoms with Crippen LogP contribution in [0.5, 0.6) is 0 Å². The number of aromatic nitrogens is 2. The van der Waals surface area contributed by atoms with Crippen molar-refractivity contribution in [3.05, 3.63) is 29.2 Å². The predicted molar refractivity (Wildman–Crippen MR) is 45.1 cm³/mol. The Hall–Kier alpha value is -1.81. The molecule has 0 aliphatic heterocycles. The summed E-state index contributed by atoms with van der Waals surface area (Å²) in [4.78, 5) is 10.2. The maximum absolute atomic E-state index is 6.86. The van der Waals surface area contributed by atoms with Crippen LogP contribution in [0.4, 0.5) is 11.6 Å². The van der Waals surface area contributed by atoms with E-state index in [1.807, 2.05) is 13.8 Å². The average molecular weight is 160 g/mol. The molecule has 0 unspecified atom stereocenters. The lowest BCUT2D eigenvalue weighted by molar-refractivity contribution is 0.609. The molecule has 0 aromatic carbocycles. The first-order valence-electron chi connectivity index (χ1n) is 3.52. The van der Waals surface area contributed by atoms with E-state index in [0.717, 1.165) is 0 Å². The normalized spacial score (nSPS) is 9.42. The zero-order valence-corrected chi connectivity index (χ0v) is 6.94. The Morgan fingerprint density at radius 2 is 2.08 bits per heavy atom. The molecule has 1 rings (SSSR count). The number of hydrogen-bond donors (Lipinski definition) is 0. The third kappa shape index (κ3) is 1.15. The van der Waals surface area contributed by atoms with Gasteiger partial charge in [0.2, 0.25) is 0 Å². The molecule has 1 aromatic heterocycles. The summed E-state index contributed by atoms with van der Waals surface area (Å²) in [6.07, 6.45) is 1.53. The zero-order chi connectivity index (χ0) is 9.14. The van der Waals surface area contributed by atoms with Gasteiger partial charge in [0.15, 0.2) is 0 Å². The van der Waals surface area contributed by atoms with Gasteiger partial charge in [0.05, 0.1) is 6.04 Å². The van der Waals surface area contributed by atoms with Crippen molar-refractivity contribution < 1.29 is 0 Å². The van der Waals surface area contributed by atoms with Crippen LogP contribution in [0.2, 0.25) is 0 Å². The fourth-order valence-electron chi connectivity index (χ4n) is 0.909. The fourth-order valence-corrected chi connectivity index (χ4v) is 0.909. The Morgan fingerprint density at radius 1 is 1.42 bits per heavy atom. The van der Waals surface area contributed by atoms with Crippen LogP contribution in [0.3, 0.4) is 0 Å². The highest BCUT2D eigenvalue weighted by Gasteiger charge is 2.14. The van der Waals surface area contributed by atoms with Crippen LogP contribution in [0, 0.1) is 13.1 Å². The molecule has 0 saturated carbocycles. The molecule has 0 saturated heterocycles. The van der Waals surface area contributed by atoms with E-state index >= 15 is 0 Å². The SMILES string of the molecule is [C-]#[N+]c1ncn(C(C)C)c1[N+]#[C-]. The van der Waals surface area contributed by atoms with E-state index in [-0.39, 0.29) is 11.9 Å². The predicted octanol–water partition coefficient (Wildman–Crippen LogP) is 2.57. The number of imidazole rings is 1. The van der Waals surface area contributed by atoms with Gasteiger partial charge >= 0.3 is 0 Å². The zero-order valence-electron chi connectivity index (χ0n) is 6.94. The largest absolute Gasteiger partial charge is 0.373 e. The van der Waals surface area contributed by atoms with Crippen LogP contribution in [0.25, 0.3) is 9.69 Å². The molecule has 0 fully saturated rings. The van der Waals surface area contributed by atoms with Crippen LogP contribution >= 0.6 is 0 Å². The Labute approximate surface area is 71.1 Å². The van der Waals surface area contributed by atoms with E-state index in [1.165, 1.54) is 6.33 Å². The summed E-state index contributed by atoms with van der Waals surface area (Å²) in [5.41, 5.74) is 0. The van der Waals surface area contributed by atoms with Gasteiger partial charge in [-0.25, -0.2) is 0 Å². The van der Waals surface area contributed by atoms with Gasteiger partial charge in [-0.3, -0.25) is 4.57 Å². The minimum absolute atomic E-state index is 0.178. The summed E-state index contributed by atoms with van der Waals surface area (Å²) in [6, 6.07) is 0.178. The van der Waals surface area contributed by atoms with Crippen molar-refractivity contribution in [1.29, 1.82) is 0 Å². The van der Waals surface area contributed by atoms with Crippen LogP contribution in [-0.2, 0) is 0 Å². The van der Waals surface area contributed by atoms with Crippen molar-refractivity contribution in [2.45, 2.75) is 19.9 Å². The van der Waals surface area contributed by atoms with Crippen molar-refractivity contribution in [1.82, 2.24) is 9.55 Å². The van der Waals surface area contributed by atoms with Crippen molar-refractivity contribution in [2.75, 3.05) is 0 Å². The lowest BCUT2D eigenvalue weighted by Gasteiger charge is -2.02. The van der Waals surface area contributed by atoms with Crippen molar-refractivity contribution >= 4 is 11.6 Å². The maximum Gasteiger partial charge on any atom is 0.293 e. The molecule has 60 valence electrons. The molecular weight excluding hydrogens is 152 g/mol. The molecule has 1 heterocycles. The smallest absolute Gasteiger partial charge is 0.293 e. The van der Waals surface area contributed by atoms with Gasteiger partial charge in [0, 0.05) is 0 Å². The Morgan fingerprint density at radius 3 is 2.50 bits per heavy atom. The molecule has 0 radical (unpaired) electrons. The van der Waals surface area contributed by atoms with E-state index in [2.05, 4.69) is 14.7 Å². The molecule has 0 aliphatic carbocycles. The molecule has 12 heavy (non-hydrogen) atoms. The third-order valence-electron chi connectivity index (χ3n) is 1.52. The lowest BCUT2D eigenvalue weighted by atomic mass is 10.4. The van der Waals surface area contributed by atoms with Crippen molar-refractivity contribution in [3.8, 4) is 0 Å². The molecule has 1 aromatic rings. The summed E-state index contributed by atoms with van der Waals surface area (Å²) < 4.78 is 1.69. The van der Waals surface area contributed by atoms with E-state index in [0.29, 0.717) is 5.82 Å². The molecule has 0 atom stereocenters. The number of hydrogen-bond acceptors (Lipinski definition) is 1. The van der Waals surface area contributed by atoms with Crippen molar-refractivity contribution in [2.24, 2.45) is 0 Å². The molecule has 0 spiro atoms. The summed E-state index contributed by atoms with van der Waals surface area (Å²) in [5, 5.41) is 0. The third-order valence-corrected chi connectivity index (χ3v) is 1.52. The Bertz CT molecular complexity index is 361. The lowest BCUT2D eigenvalue weighted by Crippen LogP contribution is -1.96. The second kappa shape index (κ2) is 3.06. The molecule has 0 bridgehead atoms. The van der Waals surface area contributed by atoms with Crippen LogP contribution in [0.15, 0.2) is 6.33 Å². The van der Waals surface area contributed by atoms with Gasteiger partial charge in [-0.15, -0.1) is 0 Å². The second-order valence-electron chi connectivity index (χ2n) is 2.62. The van der Waals surface area contributed by atoms with Gasteiger partial charge < -0.3 is 9.69 Å². The fraction of sp³-hybridized carbons (Fsp3) is 0.375. The van der Waals surface area contributed by atoms with E-state index < -0.39 is 0 Å². The van der Waals surface area contributed by atoms with E-state index in [1.54, 1.807) is 4.57 Å². The second-order valence-corrected chi connectivity index (χ2v) is 2.62. The van der Waals surface area contributed by atoms with Crippen molar-refractivity contribution in [3.63, 3.8) is 0 Å². The monoisotopic (exact) mass is 160 g/mol.